The van der Waals surface area contributed by atoms with Crippen LogP contribution in [0.3, 0.4) is 0 Å². The summed E-state index contributed by atoms with van der Waals surface area (Å²) in [7, 11) is 0. The van der Waals surface area contributed by atoms with Crippen LogP contribution in [0.5, 0.6) is 0 Å². The van der Waals surface area contributed by atoms with Crippen molar-refractivity contribution >= 4 is 39.1 Å². The van der Waals surface area contributed by atoms with Crippen LogP contribution in [0.15, 0.2) is 46.9 Å². The lowest BCUT2D eigenvalue weighted by Gasteiger charge is -2.22. The Balaban J connectivity index is 2.15. The van der Waals surface area contributed by atoms with Crippen molar-refractivity contribution in [2.45, 2.75) is 25.9 Å². The summed E-state index contributed by atoms with van der Waals surface area (Å²) >= 11 is 15.8. The molecular weight excluding hydrogens is 357 g/mol. The number of hydrogen-bond acceptors (Lipinski definition) is 1. The lowest BCUT2D eigenvalue weighted by atomic mass is 10.0. The van der Waals surface area contributed by atoms with Crippen LogP contribution in [0.2, 0.25) is 10.0 Å². The van der Waals surface area contributed by atoms with E-state index in [9.17, 15) is 0 Å². The van der Waals surface area contributed by atoms with Crippen molar-refractivity contribution in [2.24, 2.45) is 0 Å². The number of hydrogen-bond donors (Lipinski definition) is 1. The largest absolute Gasteiger partial charge is 0.304 e. The number of rotatable bonds is 4. The number of halogens is 3. The van der Waals surface area contributed by atoms with Gasteiger partial charge in [0, 0.05) is 16.6 Å². The molecule has 0 radical (unpaired) electrons. The van der Waals surface area contributed by atoms with Gasteiger partial charge >= 0.3 is 0 Å². The van der Waals surface area contributed by atoms with E-state index in [0.717, 1.165) is 10.0 Å². The van der Waals surface area contributed by atoms with Crippen molar-refractivity contribution in [3.63, 3.8) is 0 Å². The number of benzene rings is 2. The van der Waals surface area contributed by atoms with Gasteiger partial charge in [0.15, 0.2) is 0 Å². The molecule has 0 amide bonds. The molecule has 0 saturated heterocycles. The van der Waals surface area contributed by atoms with Gasteiger partial charge in [0.2, 0.25) is 0 Å². The first-order valence-electron chi connectivity index (χ1n) is 6.44. The van der Waals surface area contributed by atoms with E-state index in [1.165, 1.54) is 5.56 Å². The van der Waals surface area contributed by atoms with Crippen molar-refractivity contribution in [1.29, 1.82) is 0 Å². The molecule has 2 aromatic carbocycles. The Morgan fingerprint density at radius 1 is 1.00 bits per heavy atom. The zero-order valence-corrected chi connectivity index (χ0v) is 14.4. The van der Waals surface area contributed by atoms with Gasteiger partial charge in [0.05, 0.1) is 10.0 Å². The first-order valence-corrected chi connectivity index (χ1v) is 7.99. The molecular formula is C16H16BrCl2N. The monoisotopic (exact) mass is 371 g/mol. The molecule has 0 aliphatic carbocycles. The molecule has 4 heteroatoms. The predicted molar refractivity (Wildman–Crippen MR) is 90.6 cm³/mol. The van der Waals surface area contributed by atoms with Gasteiger partial charge in [-0.2, -0.15) is 0 Å². The summed E-state index contributed by atoms with van der Waals surface area (Å²) in [4.78, 5) is 0. The molecule has 0 aromatic heterocycles. The molecule has 106 valence electrons. The lowest BCUT2D eigenvalue weighted by Crippen LogP contribution is -2.22. The fourth-order valence-electron chi connectivity index (χ4n) is 2.19. The molecule has 1 nitrogen and oxygen atoms in total. The van der Waals surface area contributed by atoms with Gasteiger partial charge in [-0.05, 0) is 43.2 Å². The summed E-state index contributed by atoms with van der Waals surface area (Å²) in [5, 5.41) is 4.76. The lowest BCUT2D eigenvalue weighted by molar-refractivity contribution is 0.494. The normalized spacial score (nSPS) is 14.1. The van der Waals surface area contributed by atoms with Crippen molar-refractivity contribution < 1.29 is 0 Å². The van der Waals surface area contributed by atoms with Crippen molar-refractivity contribution in [2.75, 3.05) is 0 Å². The van der Waals surface area contributed by atoms with E-state index in [2.05, 4.69) is 47.2 Å². The molecule has 0 bridgehead atoms. The van der Waals surface area contributed by atoms with Crippen LogP contribution < -0.4 is 5.32 Å². The molecule has 0 spiro atoms. The highest BCUT2D eigenvalue weighted by Crippen LogP contribution is 2.31. The Labute approximate surface area is 138 Å². The van der Waals surface area contributed by atoms with Gasteiger partial charge in [-0.3, -0.25) is 0 Å². The van der Waals surface area contributed by atoms with Crippen molar-refractivity contribution in [3.8, 4) is 0 Å². The van der Waals surface area contributed by atoms with E-state index >= 15 is 0 Å². The highest BCUT2D eigenvalue weighted by molar-refractivity contribution is 9.10. The Morgan fingerprint density at radius 2 is 1.70 bits per heavy atom. The summed E-state index contributed by atoms with van der Waals surface area (Å²) in [6.07, 6.45) is 0. The average molecular weight is 373 g/mol. The molecule has 0 heterocycles. The maximum Gasteiger partial charge on any atom is 0.0639 e. The third kappa shape index (κ3) is 3.76. The maximum atomic E-state index is 6.26. The van der Waals surface area contributed by atoms with E-state index < -0.39 is 0 Å². The Morgan fingerprint density at radius 3 is 2.40 bits per heavy atom. The first kappa shape index (κ1) is 15.8. The molecule has 2 aromatic rings. The van der Waals surface area contributed by atoms with E-state index in [0.29, 0.717) is 10.0 Å². The van der Waals surface area contributed by atoms with Crippen molar-refractivity contribution in [3.05, 3.63) is 68.1 Å². The smallest absolute Gasteiger partial charge is 0.0639 e. The number of nitrogens with one attached hydrogen (secondary N) is 1. The Bertz CT molecular complexity index is 601. The Kier molecular flexibility index (Phi) is 5.50. The molecule has 0 aliphatic heterocycles. The van der Waals surface area contributed by atoms with Gasteiger partial charge < -0.3 is 5.32 Å². The molecule has 1 N–H and O–H groups in total. The SMILES string of the molecule is CC(NC(C)c1cccc(Cl)c1Cl)c1cccc(Br)c1. The van der Waals surface area contributed by atoms with Gasteiger partial charge in [-0.1, -0.05) is 63.4 Å². The molecule has 2 unspecified atom stereocenters. The maximum absolute atomic E-state index is 6.26. The summed E-state index contributed by atoms with van der Waals surface area (Å²) in [6, 6.07) is 14.3. The molecule has 2 atom stereocenters. The van der Waals surface area contributed by atoms with Crippen LogP contribution in [0.1, 0.15) is 37.1 Å². The predicted octanol–water partition coefficient (Wildman–Crippen LogP) is 6.17. The van der Waals surface area contributed by atoms with E-state index in [4.69, 9.17) is 23.2 Å². The molecule has 0 fully saturated rings. The zero-order valence-electron chi connectivity index (χ0n) is 11.3. The fourth-order valence-corrected chi connectivity index (χ4v) is 3.08. The van der Waals surface area contributed by atoms with Crippen LogP contribution >= 0.6 is 39.1 Å². The second kappa shape index (κ2) is 6.95. The van der Waals surface area contributed by atoms with Crippen LogP contribution in [-0.4, -0.2) is 0 Å². The highest BCUT2D eigenvalue weighted by atomic mass is 79.9. The minimum Gasteiger partial charge on any atom is -0.304 e. The van der Waals surface area contributed by atoms with Crippen LogP contribution in [0.25, 0.3) is 0 Å². The van der Waals surface area contributed by atoms with Gasteiger partial charge in [0.25, 0.3) is 0 Å². The molecule has 0 saturated carbocycles. The molecule has 0 aliphatic rings. The second-order valence-electron chi connectivity index (χ2n) is 4.81. The van der Waals surface area contributed by atoms with Crippen LogP contribution in [-0.2, 0) is 0 Å². The third-order valence-corrected chi connectivity index (χ3v) is 4.62. The standard InChI is InChI=1S/C16H16BrCl2N/c1-10(12-5-3-6-13(17)9-12)20-11(2)14-7-4-8-15(18)16(14)19/h3-11,20H,1-2H3. The quantitative estimate of drug-likeness (QED) is 0.676. The van der Waals surface area contributed by atoms with E-state index in [1.807, 2.05) is 24.3 Å². The minimum atomic E-state index is 0.121. The first-order chi connectivity index (χ1) is 9.49. The van der Waals surface area contributed by atoms with Gasteiger partial charge in [0.1, 0.15) is 0 Å². The summed E-state index contributed by atoms with van der Waals surface area (Å²) in [5.41, 5.74) is 2.24. The average Bonchev–Trinajstić information content (AvgIpc) is 2.41. The fraction of sp³-hybridized carbons (Fsp3) is 0.250. The van der Waals surface area contributed by atoms with Crippen molar-refractivity contribution in [1.82, 2.24) is 5.32 Å². The topological polar surface area (TPSA) is 12.0 Å². The third-order valence-electron chi connectivity index (χ3n) is 3.30. The summed E-state index contributed by atoms with van der Waals surface area (Å²) < 4.78 is 1.08. The zero-order chi connectivity index (χ0) is 14.7. The minimum absolute atomic E-state index is 0.121. The van der Waals surface area contributed by atoms with Crippen LogP contribution in [0, 0.1) is 0 Å². The molecule has 20 heavy (non-hydrogen) atoms. The summed E-state index contributed by atoms with van der Waals surface area (Å²) in [6.45, 7) is 4.22. The second-order valence-corrected chi connectivity index (χ2v) is 6.51. The van der Waals surface area contributed by atoms with Gasteiger partial charge in [-0.15, -0.1) is 0 Å². The highest BCUT2D eigenvalue weighted by Gasteiger charge is 2.15. The van der Waals surface area contributed by atoms with E-state index in [1.54, 1.807) is 6.07 Å². The summed E-state index contributed by atoms with van der Waals surface area (Å²) in [5.74, 6) is 0. The Hall–Kier alpha value is -0.540. The van der Waals surface area contributed by atoms with Crippen LogP contribution in [0.4, 0.5) is 0 Å². The van der Waals surface area contributed by atoms with E-state index in [-0.39, 0.29) is 12.1 Å². The van der Waals surface area contributed by atoms with Gasteiger partial charge in [-0.25, -0.2) is 0 Å². The molecule has 2 rings (SSSR count).